The van der Waals surface area contributed by atoms with E-state index in [-0.39, 0.29) is 11.4 Å². The number of phenolic OH excluding ortho intramolecular Hbond substituents is 1. The summed E-state index contributed by atoms with van der Waals surface area (Å²) in [4.78, 5) is 23.0. The van der Waals surface area contributed by atoms with Gasteiger partial charge in [0.2, 0.25) is 0 Å². The number of aliphatic carboxylic acids is 2. The van der Waals surface area contributed by atoms with E-state index in [0.717, 1.165) is 31.8 Å². The number of alkyl halides is 6. The van der Waals surface area contributed by atoms with Crippen molar-refractivity contribution in [1.82, 2.24) is 9.80 Å². The molecule has 2 unspecified atom stereocenters. The largest absolute Gasteiger partial charge is 0.504 e. The summed E-state index contributed by atoms with van der Waals surface area (Å²) in [6.07, 6.45) is -2.43. The first-order valence-electron chi connectivity index (χ1n) is 12.7. The van der Waals surface area contributed by atoms with Crippen LogP contribution in [0.15, 0.2) is 18.2 Å². The fourth-order valence-electron chi connectivity index (χ4n) is 5.22. The normalized spacial score (nSPS) is 23.9. The number of hydrogen-bond acceptors (Lipinski definition) is 7. The van der Waals surface area contributed by atoms with Crippen molar-refractivity contribution in [3.63, 3.8) is 0 Å². The zero-order valence-electron chi connectivity index (χ0n) is 21.9. The van der Waals surface area contributed by atoms with Crippen LogP contribution in [0.1, 0.15) is 44.1 Å². The summed E-state index contributed by atoms with van der Waals surface area (Å²) < 4.78 is 75.1. The fraction of sp³-hybridized carbons (Fsp3) is 0.680. The van der Waals surface area contributed by atoms with Gasteiger partial charge in [0, 0.05) is 25.7 Å². The molecule has 0 radical (unpaired) electrons. The summed E-state index contributed by atoms with van der Waals surface area (Å²) in [5, 5.41) is 24.3. The first-order valence-corrected chi connectivity index (χ1v) is 12.7. The van der Waals surface area contributed by atoms with Crippen molar-refractivity contribution < 1.29 is 60.7 Å². The van der Waals surface area contributed by atoms with Gasteiger partial charge in [0.25, 0.3) is 0 Å². The van der Waals surface area contributed by atoms with Gasteiger partial charge in [0.15, 0.2) is 11.5 Å². The Bertz CT molecular complexity index is 957. The maximum absolute atomic E-state index is 10.6. The quantitative estimate of drug-likeness (QED) is 0.443. The van der Waals surface area contributed by atoms with Crippen molar-refractivity contribution in [2.45, 2.75) is 69.1 Å². The number of aromatic hydroxyl groups is 1. The molecule has 4 rings (SSSR count). The highest BCUT2D eigenvalue weighted by atomic mass is 19.4. The number of rotatable bonds is 4. The van der Waals surface area contributed by atoms with Gasteiger partial charge >= 0.3 is 24.3 Å². The van der Waals surface area contributed by atoms with E-state index in [4.69, 9.17) is 29.3 Å². The molecule has 1 aromatic carbocycles. The van der Waals surface area contributed by atoms with Crippen molar-refractivity contribution >= 4 is 11.9 Å². The first-order chi connectivity index (χ1) is 18.6. The van der Waals surface area contributed by atoms with Crippen LogP contribution < -0.4 is 4.74 Å². The van der Waals surface area contributed by atoms with Gasteiger partial charge < -0.3 is 24.8 Å². The van der Waals surface area contributed by atoms with Crippen LogP contribution in [0.4, 0.5) is 26.3 Å². The monoisotopic (exact) mass is 588 g/mol. The van der Waals surface area contributed by atoms with Crippen molar-refractivity contribution in [1.29, 1.82) is 0 Å². The number of halogens is 6. The Hall–Kier alpha value is -2.78. The maximum Gasteiger partial charge on any atom is 0.490 e. The highest BCUT2D eigenvalue weighted by Crippen LogP contribution is 2.39. The Labute approximate surface area is 227 Å². The third kappa shape index (κ3) is 9.70. The zero-order valence-corrected chi connectivity index (χ0v) is 21.9. The minimum Gasteiger partial charge on any atom is -0.504 e. The average Bonchev–Trinajstić information content (AvgIpc) is 3.39. The molecular formula is C25H34F6N2O7. The molecule has 1 aliphatic carbocycles. The molecule has 40 heavy (non-hydrogen) atoms. The number of likely N-dealkylation sites (tertiary alicyclic amines) is 1. The second kappa shape index (κ2) is 14.2. The Morgan fingerprint density at radius 3 is 2.08 bits per heavy atom. The molecule has 3 N–H and O–H groups in total. The van der Waals surface area contributed by atoms with E-state index in [0.29, 0.717) is 11.8 Å². The number of morpholine rings is 1. The summed E-state index contributed by atoms with van der Waals surface area (Å²) in [7, 11) is 1.59. The Morgan fingerprint density at radius 1 is 1.00 bits per heavy atom. The lowest BCUT2D eigenvalue weighted by Crippen LogP contribution is -2.63. The van der Waals surface area contributed by atoms with Crippen LogP contribution in [-0.2, 0) is 20.9 Å². The van der Waals surface area contributed by atoms with Crippen LogP contribution in [0.25, 0.3) is 0 Å². The highest BCUT2D eigenvalue weighted by molar-refractivity contribution is 5.73. The van der Waals surface area contributed by atoms with Gasteiger partial charge in [0.1, 0.15) is 0 Å². The number of methoxy groups -OCH3 is 1. The van der Waals surface area contributed by atoms with Crippen molar-refractivity contribution in [2.75, 3.05) is 39.9 Å². The standard InChI is InChI=1S/C21H32N2O3.2C2HF3O2/c1-25-19-8-7-17(14-18(19)24)15-22-12-13-26-21(16-22)9-3-2-6-20(21)23-10-4-5-11-23;2*3-2(4,5)1(6)7/h7-8,14,20,24H,2-6,9-13,15-16H2,1H3;2*(H,6,7). The highest BCUT2D eigenvalue weighted by Gasteiger charge is 2.47. The van der Waals surface area contributed by atoms with E-state index >= 15 is 0 Å². The minimum atomic E-state index is -5.08. The summed E-state index contributed by atoms with van der Waals surface area (Å²) in [6, 6.07) is 6.32. The number of phenols is 1. The number of carboxylic acid groups (broad SMARTS) is 2. The molecule has 2 heterocycles. The lowest BCUT2D eigenvalue weighted by molar-refractivity contribution is -0.193. The molecule has 9 nitrogen and oxygen atoms in total. The van der Waals surface area contributed by atoms with Gasteiger partial charge in [-0.15, -0.1) is 0 Å². The predicted molar refractivity (Wildman–Crippen MR) is 129 cm³/mol. The van der Waals surface area contributed by atoms with E-state index < -0.39 is 24.3 Å². The molecule has 15 heteroatoms. The van der Waals surface area contributed by atoms with E-state index in [9.17, 15) is 31.4 Å². The lowest BCUT2D eigenvalue weighted by Gasteiger charge is -2.52. The van der Waals surface area contributed by atoms with Gasteiger partial charge in [-0.2, -0.15) is 26.3 Å². The number of carbonyl (C=O) groups is 2. The van der Waals surface area contributed by atoms with Gasteiger partial charge in [-0.3, -0.25) is 9.80 Å². The number of benzene rings is 1. The van der Waals surface area contributed by atoms with Crippen LogP contribution in [0.2, 0.25) is 0 Å². The molecule has 1 aromatic rings. The van der Waals surface area contributed by atoms with Crippen LogP contribution in [0.5, 0.6) is 11.5 Å². The van der Waals surface area contributed by atoms with E-state index in [2.05, 4.69) is 15.9 Å². The van der Waals surface area contributed by atoms with E-state index in [1.807, 2.05) is 12.1 Å². The molecular weight excluding hydrogens is 554 g/mol. The lowest BCUT2D eigenvalue weighted by atomic mass is 9.78. The van der Waals surface area contributed by atoms with Crippen LogP contribution >= 0.6 is 0 Å². The van der Waals surface area contributed by atoms with Crippen LogP contribution in [0.3, 0.4) is 0 Å². The van der Waals surface area contributed by atoms with E-state index in [1.165, 1.54) is 51.6 Å². The topological polar surface area (TPSA) is 120 Å². The molecule has 1 spiro atoms. The third-order valence-electron chi connectivity index (χ3n) is 6.94. The SMILES string of the molecule is COc1ccc(CN2CCOC3(CCCCC3N3CCCC3)C2)cc1O.O=C(O)C(F)(F)F.O=C(O)C(F)(F)F. The van der Waals surface area contributed by atoms with Crippen molar-refractivity contribution in [2.24, 2.45) is 0 Å². The number of nitrogens with zero attached hydrogens (tertiary/aromatic N) is 2. The first kappa shape index (κ1) is 33.4. The molecule has 3 fully saturated rings. The molecule has 0 aromatic heterocycles. The second-order valence-corrected chi connectivity index (χ2v) is 9.74. The number of ether oxygens (including phenoxy) is 2. The number of hydrogen-bond donors (Lipinski definition) is 3. The smallest absolute Gasteiger partial charge is 0.490 e. The Morgan fingerprint density at radius 2 is 1.57 bits per heavy atom. The predicted octanol–water partition coefficient (Wildman–Crippen LogP) is 4.28. The molecule has 0 amide bonds. The third-order valence-corrected chi connectivity index (χ3v) is 6.94. The summed E-state index contributed by atoms with van der Waals surface area (Å²) in [6.45, 7) is 6.11. The summed E-state index contributed by atoms with van der Waals surface area (Å²) in [5.41, 5.74) is 1.13. The molecule has 2 aliphatic heterocycles. The van der Waals surface area contributed by atoms with E-state index in [1.54, 1.807) is 7.11 Å². The zero-order chi connectivity index (χ0) is 30.1. The molecule has 228 valence electrons. The number of carboxylic acids is 2. The molecule has 3 aliphatic rings. The van der Waals surface area contributed by atoms with Gasteiger partial charge in [-0.05, 0) is 56.5 Å². The van der Waals surface area contributed by atoms with Crippen LogP contribution in [0, 0.1) is 0 Å². The fourth-order valence-corrected chi connectivity index (χ4v) is 5.22. The van der Waals surface area contributed by atoms with Gasteiger partial charge in [0.05, 0.1) is 19.3 Å². The molecule has 1 saturated carbocycles. The molecule has 0 bridgehead atoms. The van der Waals surface area contributed by atoms with Gasteiger partial charge in [-0.1, -0.05) is 18.9 Å². The minimum absolute atomic E-state index is 0.00461. The second-order valence-electron chi connectivity index (χ2n) is 9.74. The Kier molecular flexibility index (Phi) is 11.9. The molecule has 2 saturated heterocycles. The van der Waals surface area contributed by atoms with Crippen LogP contribution in [-0.4, -0.2) is 101 Å². The average molecular weight is 589 g/mol. The molecule has 2 atom stereocenters. The summed E-state index contributed by atoms with van der Waals surface area (Å²) in [5.74, 6) is -4.76. The maximum atomic E-state index is 10.6. The Balaban J connectivity index is 0.000000333. The van der Waals surface area contributed by atoms with Crippen molar-refractivity contribution in [3.05, 3.63) is 23.8 Å². The summed E-state index contributed by atoms with van der Waals surface area (Å²) >= 11 is 0. The van der Waals surface area contributed by atoms with Crippen molar-refractivity contribution in [3.8, 4) is 11.5 Å². The van der Waals surface area contributed by atoms with Gasteiger partial charge in [-0.25, -0.2) is 9.59 Å².